The van der Waals surface area contributed by atoms with Crippen LogP contribution in [0.1, 0.15) is 27.2 Å². The van der Waals surface area contributed by atoms with Crippen molar-refractivity contribution < 1.29 is 9.90 Å². The van der Waals surface area contributed by atoms with E-state index in [9.17, 15) is 4.79 Å². The lowest BCUT2D eigenvalue weighted by Crippen LogP contribution is -2.43. The van der Waals surface area contributed by atoms with Gasteiger partial charge in [0.05, 0.1) is 12.1 Å². The zero-order chi connectivity index (χ0) is 10.4. The van der Waals surface area contributed by atoms with E-state index in [1.807, 2.05) is 13.8 Å². The Balaban J connectivity index is 3.69. The molecule has 4 nitrogen and oxygen atoms in total. The normalized spacial score (nSPS) is 15.5. The molecule has 0 aromatic rings. The van der Waals surface area contributed by atoms with Crippen LogP contribution in [0.15, 0.2) is 0 Å². The van der Waals surface area contributed by atoms with Crippen molar-refractivity contribution >= 4 is 5.91 Å². The van der Waals surface area contributed by atoms with Crippen LogP contribution in [0.5, 0.6) is 0 Å². The molecule has 0 aliphatic rings. The molecule has 0 rings (SSSR count). The monoisotopic (exact) mass is 188 g/mol. The molecule has 13 heavy (non-hydrogen) atoms. The third kappa shape index (κ3) is 6.54. The minimum atomic E-state index is -0.518. The first-order chi connectivity index (χ1) is 5.93. The molecule has 0 heterocycles. The highest BCUT2D eigenvalue weighted by molar-refractivity contribution is 5.81. The van der Waals surface area contributed by atoms with E-state index < -0.39 is 12.1 Å². The van der Waals surface area contributed by atoms with Crippen molar-refractivity contribution in [3.8, 4) is 0 Å². The molecule has 0 aliphatic carbocycles. The number of carbonyl (C=O) groups is 1. The number of rotatable bonds is 5. The number of hydrogen-bond donors (Lipinski definition) is 3. The minimum absolute atomic E-state index is 0.186. The molecule has 0 bridgehead atoms. The van der Waals surface area contributed by atoms with Crippen molar-refractivity contribution in [2.75, 3.05) is 6.54 Å². The Labute approximate surface area is 79.5 Å². The second kappa shape index (κ2) is 5.94. The van der Waals surface area contributed by atoms with E-state index in [-0.39, 0.29) is 12.5 Å². The number of carbonyl (C=O) groups excluding carboxylic acids is 1. The summed E-state index contributed by atoms with van der Waals surface area (Å²) in [7, 11) is 0. The highest BCUT2D eigenvalue weighted by Gasteiger charge is 2.14. The number of amides is 1. The lowest BCUT2D eigenvalue weighted by molar-refractivity contribution is -0.123. The molecule has 0 saturated heterocycles. The van der Waals surface area contributed by atoms with Crippen molar-refractivity contribution in [1.29, 1.82) is 0 Å². The zero-order valence-electron chi connectivity index (χ0n) is 8.58. The summed E-state index contributed by atoms with van der Waals surface area (Å²) in [5.74, 6) is 0.224. The fourth-order valence-electron chi connectivity index (χ4n) is 0.994. The Bertz CT molecular complexity index is 158. The molecule has 2 atom stereocenters. The van der Waals surface area contributed by atoms with Crippen LogP contribution in [0.3, 0.4) is 0 Å². The van der Waals surface area contributed by atoms with Gasteiger partial charge in [-0.1, -0.05) is 13.8 Å². The van der Waals surface area contributed by atoms with Crippen LogP contribution in [0, 0.1) is 5.92 Å². The molecule has 4 N–H and O–H groups in total. The van der Waals surface area contributed by atoms with Crippen LogP contribution >= 0.6 is 0 Å². The molecule has 78 valence electrons. The van der Waals surface area contributed by atoms with E-state index in [1.165, 1.54) is 0 Å². The van der Waals surface area contributed by atoms with Gasteiger partial charge >= 0.3 is 0 Å². The quantitative estimate of drug-likeness (QED) is 0.562. The van der Waals surface area contributed by atoms with Crippen LogP contribution < -0.4 is 11.1 Å². The van der Waals surface area contributed by atoms with Crippen molar-refractivity contribution in [2.24, 2.45) is 11.7 Å². The molecule has 0 saturated carbocycles. The number of nitrogens with one attached hydrogen (secondary N) is 1. The second-order valence-electron chi connectivity index (χ2n) is 3.83. The lowest BCUT2D eigenvalue weighted by Gasteiger charge is -2.14. The van der Waals surface area contributed by atoms with Gasteiger partial charge in [-0.3, -0.25) is 4.79 Å². The topological polar surface area (TPSA) is 75.4 Å². The highest BCUT2D eigenvalue weighted by Crippen LogP contribution is 2.02. The summed E-state index contributed by atoms with van der Waals surface area (Å²) >= 11 is 0. The molecule has 0 aromatic carbocycles. The first-order valence-electron chi connectivity index (χ1n) is 4.64. The van der Waals surface area contributed by atoms with Gasteiger partial charge in [0.1, 0.15) is 0 Å². The van der Waals surface area contributed by atoms with Crippen LogP contribution in [-0.4, -0.2) is 29.7 Å². The van der Waals surface area contributed by atoms with E-state index >= 15 is 0 Å². The van der Waals surface area contributed by atoms with Crippen molar-refractivity contribution in [1.82, 2.24) is 5.32 Å². The summed E-state index contributed by atoms with van der Waals surface area (Å²) in [6.45, 7) is 5.92. The SMILES string of the molecule is CC(C)C[C@H](N)C(=O)NC[C@@H](C)O. The molecule has 0 radical (unpaired) electrons. The van der Waals surface area contributed by atoms with Gasteiger partial charge < -0.3 is 16.2 Å². The fourth-order valence-corrected chi connectivity index (χ4v) is 0.994. The molecule has 0 aromatic heterocycles. The molecule has 1 amide bonds. The van der Waals surface area contributed by atoms with Crippen LogP contribution in [-0.2, 0) is 4.79 Å². The van der Waals surface area contributed by atoms with Crippen LogP contribution in [0.25, 0.3) is 0 Å². The molecule has 0 fully saturated rings. The van der Waals surface area contributed by atoms with Crippen LogP contribution in [0.4, 0.5) is 0 Å². The summed E-state index contributed by atoms with van der Waals surface area (Å²) < 4.78 is 0. The van der Waals surface area contributed by atoms with Gasteiger partial charge in [0.2, 0.25) is 5.91 Å². The Kier molecular flexibility index (Phi) is 5.66. The van der Waals surface area contributed by atoms with Gasteiger partial charge in [-0.2, -0.15) is 0 Å². The van der Waals surface area contributed by atoms with E-state index in [2.05, 4.69) is 5.32 Å². The average molecular weight is 188 g/mol. The maximum absolute atomic E-state index is 11.2. The molecule has 0 spiro atoms. The Hall–Kier alpha value is -0.610. The summed E-state index contributed by atoms with van der Waals surface area (Å²) in [5, 5.41) is 11.5. The van der Waals surface area contributed by atoms with Gasteiger partial charge in [-0.05, 0) is 19.3 Å². The third-order valence-electron chi connectivity index (χ3n) is 1.63. The standard InChI is InChI=1S/C9H20N2O2/c1-6(2)4-8(10)9(13)11-5-7(3)12/h6-8,12H,4-5,10H2,1-3H3,(H,11,13)/t7-,8+/m1/s1. The molecular formula is C9H20N2O2. The number of nitrogens with two attached hydrogens (primary N) is 1. The summed E-state index contributed by atoms with van der Waals surface area (Å²) in [4.78, 5) is 11.2. The number of aliphatic hydroxyl groups excluding tert-OH is 1. The smallest absolute Gasteiger partial charge is 0.237 e. The molecule has 4 heteroatoms. The Morgan fingerprint density at radius 3 is 2.38 bits per heavy atom. The zero-order valence-corrected chi connectivity index (χ0v) is 8.58. The maximum atomic E-state index is 11.2. The summed E-state index contributed by atoms with van der Waals surface area (Å²) in [6, 6.07) is -0.459. The van der Waals surface area contributed by atoms with Crippen LogP contribution in [0.2, 0.25) is 0 Å². The van der Waals surface area contributed by atoms with Crippen molar-refractivity contribution in [3.05, 3.63) is 0 Å². The van der Waals surface area contributed by atoms with E-state index in [4.69, 9.17) is 10.8 Å². The number of aliphatic hydroxyl groups is 1. The van der Waals surface area contributed by atoms with Gasteiger partial charge in [-0.25, -0.2) is 0 Å². The van der Waals surface area contributed by atoms with E-state index in [0.29, 0.717) is 12.3 Å². The lowest BCUT2D eigenvalue weighted by atomic mass is 10.0. The Morgan fingerprint density at radius 2 is 2.00 bits per heavy atom. The van der Waals surface area contributed by atoms with Gasteiger partial charge in [-0.15, -0.1) is 0 Å². The average Bonchev–Trinajstić information content (AvgIpc) is 1.98. The minimum Gasteiger partial charge on any atom is -0.392 e. The summed E-state index contributed by atoms with van der Waals surface area (Å²) in [5.41, 5.74) is 5.61. The largest absolute Gasteiger partial charge is 0.392 e. The predicted molar refractivity (Wildman–Crippen MR) is 52.1 cm³/mol. The molecule has 0 unspecified atom stereocenters. The highest BCUT2D eigenvalue weighted by atomic mass is 16.3. The molecular weight excluding hydrogens is 168 g/mol. The fraction of sp³-hybridized carbons (Fsp3) is 0.889. The van der Waals surface area contributed by atoms with Gasteiger partial charge in [0, 0.05) is 6.54 Å². The molecule has 0 aliphatic heterocycles. The number of hydrogen-bond acceptors (Lipinski definition) is 3. The van der Waals surface area contributed by atoms with E-state index in [0.717, 1.165) is 0 Å². The van der Waals surface area contributed by atoms with E-state index in [1.54, 1.807) is 6.92 Å². The van der Waals surface area contributed by atoms with Crippen molar-refractivity contribution in [3.63, 3.8) is 0 Å². The first-order valence-corrected chi connectivity index (χ1v) is 4.64. The summed E-state index contributed by atoms with van der Waals surface area (Å²) in [6.07, 6.45) is 0.154. The van der Waals surface area contributed by atoms with Gasteiger partial charge in [0.25, 0.3) is 0 Å². The first kappa shape index (κ1) is 12.4. The maximum Gasteiger partial charge on any atom is 0.237 e. The predicted octanol–water partition coefficient (Wildman–Crippen LogP) is -0.143. The van der Waals surface area contributed by atoms with Gasteiger partial charge in [0.15, 0.2) is 0 Å². The van der Waals surface area contributed by atoms with Crippen molar-refractivity contribution in [2.45, 2.75) is 39.3 Å². The third-order valence-corrected chi connectivity index (χ3v) is 1.63. The second-order valence-corrected chi connectivity index (χ2v) is 3.83. The Morgan fingerprint density at radius 1 is 1.46 bits per heavy atom.